The van der Waals surface area contributed by atoms with Crippen LogP contribution in [0.1, 0.15) is 30.4 Å². The summed E-state index contributed by atoms with van der Waals surface area (Å²) in [6, 6.07) is 4.00. The molecule has 1 saturated carbocycles. The summed E-state index contributed by atoms with van der Waals surface area (Å²) in [6.07, 6.45) is 4.39. The van der Waals surface area contributed by atoms with Crippen molar-refractivity contribution in [3.05, 3.63) is 28.3 Å². The SMILES string of the molecule is COc1cc(CCC2(N)CC2)c(C)cc1Cl. The molecule has 1 aromatic rings. The maximum absolute atomic E-state index is 6.09. The zero-order chi connectivity index (χ0) is 11.8. The summed E-state index contributed by atoms with van der Waals surface area (Å²) in [5.74, 6) is 0.754. The van der Waals surface area contributed by atoms with Gasteiger partial charge in [0, 0.05) is 5.54 Å². The summed E-state index contributed by atoms with van der Waals surface area (Å²) in [4.78, 5) is 0. The number of hydrogen-bond donors (Lipinski definition) is 1. The molecular weight excluding hydrogens is 222 g/mol. The fourth-order valence-electron chi connectivity index (χ4n) is 1.91. The Morgan fingerprint density at radius 2 is 2.12 bits per heavy atom. The van der Waals surface area contributed by atoms with Gasteiger partial charge >= 0.3 is 0 Å². The first kappa shape index (κ1) is 11.7. The molecule has 0 saturated heterocycles. The number of ether oxygens (including phenoxy) is 1. The van der Waals surface area contributed by atoms with Crippen LogP contribution in [0.4, 0.5) is 0 Å². The van der Waals surface area contributed by atoms with E-state index in [0.717, 1.165) is 31.4 Å². The molecule has 0 radical (unpaired) electrons. The Kier molecular flexibility index (Phi) is 3.13. The molecule has 88 valence electrons. The van der Waals surface area contributed by atoms with Crippen LogP contribution in [-0.2, 0) is 6.42 Å². The van der Waals surface area contributed by atoms with Gasteiger partial charge in [0.1, 0.15) is 5.75 Å². The lowest BCUT2D eigenvalue weighted by Gasteiger charge is -2.12. The maximum atomic E-state index is 6.09. The molecule has 1 fully saturated rings. The fraction of sp³-hybridized carbons (Fsp3) is 0.538. The van der Waals surface area contributed by atoms with Crippen molar-refractivity contribution < 1.29 is 4.74 Å². The average molecular weight is 240 g/mol. The van der Waals surface area contributed by atoms with Crippen molar-refractivity contribution in [1.82, 2.24) is 0 Å². The summed E-state index contributed by atoms with van der Waals surface area (Å²) >= 11 is 6.05. The van der Waals surface area contributed by atoms with Crippen LogP contribution in [0.5, 0.6) is 5.75 Å². The molecule has 0 aliphatic heterocycles. The summed E-state index contributed by atoms with van der Waals surface area (Å²) < 4.78 is 5.23. The topological polar surface area (TPSA) is 35.2 Å². The number of methoxy groups -OCH3 is 1. The van der Waals surface area contributed by atoms with E-state index in [-0.39, 0.29) is 5.54 Å². The lowest BCUT2D eigenvalue weighted by atomic mass is 10.00. The highest BCUT2D eigenvalue weighted by Gasteiger charge is 2.37. The van der Waals surface area contributed by atoms with Crippen molar-refractivity contribution in [2.45, 2.75) is 38.1 Å². The molecule has 1 aliphatic rings. The van der Waals surface area contributed by atoms with Gasteiger partial charge in [0.2, 0.25) is 0 Å². The molecule has 0 spiro atoms. The number of aryl methyl sites for hydroxylation is 2. The molecule has 2 rings (SSSR count). The van der Waals surface area contributed by atoms with E-state index in [4.69, 9.17) is 22.1 Å². The first-order valence-electron chi connectivity index (χ1n) is 5.66. The molecule has 3 heteroatoms. The molecule has 0 unspecified atom stereocenters. The molecule has 16 heavy (non-hydrogen) atoms. The average Bonchev–Trinajstić information content (AvgIpc) is 2.96. The van der Waals surface area contributed by atoms with Crippen molar-refractivity contribution in [2.75, 3.05) is 7.11 Å². The first-order valence-corrected chi connectivity index (χ1v) is 6.04. The largest absolute Gasteiger partial charge is 0.495 e. The van der Waals surface area contributed by atoms with E-state index in [1.165, 1.54) is 11.1 Å². The van der Waals surface area contributed by atoms with Crippen LogP contribution in [0.25, 0.3) is 0 Å². The second kappa shape index (κ2) is 4.27. The highest BCUT2D eigenvalue weighted by Crippen LogP contribution is 2.37. The number of hydrogen-bond acceptors (Lipinski definition) is 2. The third kappa shape index (κ3) is 2.50. The van der Waals surface area contributed by atoms with E-state index >= 15 is 0 Å². The number of rotatable bonds is 4. The molecule has 2 nitrogen and oxygen atoms in total. The van der Waals surface area contributed by atoms with Crippen molar-refractivity contribution in [1.29, 1.82) is 0 Å². The Morgan fingerprint density at radius 3 is 2.69 bits per heavy atom. The highest BCUT2D eigenvalue weighted by atomic mass is 35.5. The van der Waals surface area contributed by atoms with Crippen LogP contribution < -0.4 is 10.5 Å². The highest BCUT2D eigenvalue weighted by molar-refractivity contribution is 6.32. The Balaban J connectivity index is 2.13. The molecule has 0 bridgehead atoms. The molecule has 0 amide bonds. The lowest BCUT2D eigenvalue weighted by molar-refractivity contribution is 0.414. The summed E-state index contributed by atoms with van der Waals surface area (Å²) in [6.45, 7) is 2.08. The second-order valence-electron chi connectivity index (χ2n) is 4.78. The van der Waals surface area contributed by atoms with Gasteiger partial charge in [-0.25, -0.2) is 0 Å². The Morgan fingerprint density at radius 1 is 1.44 bits per heavy atom. The predicted molar refractivity (Wildman–Crippen MR) is 67.2 cm³/mol. The molecule has 0 aromatic heterocycles. The minimum atomic E-state index is 0.110. The Bertz CT molecular complexity index is 399. The minimum absolute atomic E-state index is 0.110. The molecule has 2 N–H and O–H groups in total. The van der Waals surface area contributed by atoms with Crippen LogP contribution in [0, 0.1) is 6.92 Å². The predicted octanol–water partition coefficient (Wildman–Crippen LogP) is 3.08. The van der Waals surface area contributed by atoms with Crippen molar-refractivity contribution in [3.63, 3.8) is 0 Å². The fourth-order valence-corrected chi connectivity index (χ4v) is 2.21. The second-order valence-corrected chi connectivity index (χ2v) is 5.18. The van der Waals surface area contributed by atoms with Crippen molar-refractivity contribution in [2.24, 2.45) is 5.73 Å². The van der Waals surface area contributed by atoms with Gasteiger partial charge in [-0.3, -0.25) is 0 Å². The molecule has 0 atom stereocenters. The van der Waals surface area contributed by atoms with Crippen LogP contribution >= 0.6 is 11.6 Å². The molecule has 1 aliphatic carbocycles. The van der Waals surface area contributed by atoms with E-state index in [2.05, 4.69) is 6.92 Å². The third-order valence-corrected chi connectivity index (χ3v) is 3.69. The van der Waals surface area contributed by atoms with Gasteiger partial charge < -0.3 is 10.5 Å². The molecular formula is C13H18ClNO. The number of nitrogens with two attached hydrogens (primary N) is 1. The number of benzene rings is 1. The summed E-state index contributed by atoms with van der Waals surface area (Å²) in [5, 5.41) is 0.678. The third-order valence-electron chi connectivity index (χ3n) is 3.39. The van der Waals surface area contributed by atoms with E-state index in [9.17, 15) is 0 Å². The smallest absolute Gasteiger partial charge is 0.137 e. The van der Waals surface area contributed by atoms with Crippen LogP contribution in [-0.4, -0.2) is 12.6 Å². The van der Waals surface area contributed by atoms with Gasteiger partial charge in [0.25, 0.3) is 0 Å². The van der Waals surface area contributed by atoms with Gasteiger partial charge in [-0.05, 0) is 55.9 Å². The van der Waals surface area contributed by atoms with E-state index in [0.29, 0.717) is 5.02 Å². The monoisotopic (exact) mass is 239 g/mol. The maximum Gasteiger partial charge on any atom is 0.137 e. The van der Waals surface area contributed by atoms with Gasteiger partial charge in [-0.15, -0.1) is 0 Å². The van der Waals surface area contributed by atoms with Gasteiger partial charge in [-0.1, -0.05) is 11.6 Å². The zero-order valence-corrected chi connectivity index (χ0v) is 10.6. The van der Waals surface area contributed by atoms with Crippen LogP contribution in [0.3, 0.4) is 0 Å². The first-order chi connectivity index (χ1) is 7.54. The van der Waals surface area contributed by atoms with Crippen LogP contribution in [0.15, 0.2) is 12.1 Å². The molecule has 0 heterocycles. The quantitative estimate of drug-likeness (QED) is 0.877. The Hall–Kier alpha value is -0.730. The molecule has 1 aromatic carbocycles. The van der Waals surface area contributed by atoms with Crippen molar-refractivity contribution in [3.8, 4) is 5.75 Å². The van der Waals surface area contributed by atoms with E-state index in [1.807, 2.05) is 12.1 Å². The normalized spacial score (nSPS) is 17.2. The van der Waals surface area contributed by atoms with Gasteiger partial charge in [-0.2, -0.15) is 0 Å². The number of halogens is 1. The van der Waals surface area contributed by atoms with Gasteiger partial charge in [0.15, 0.2) is 0 Å². The zero-order valence-electron chi connectivity index (χ0n) is 9.85. The lowest BCUT2D eigenvalue weighted by Crippen LogP contribution is -2.22. The minimum Gasteiger partial charge on any atom is -0.495 e. The summed E-state index contributed by atoms with van der Waals surface area (Å²) in [7, 11) is 1.64. The van der Waals surface area contributed by atoms with Gasteiger partial charge in [0.05, 0.1) is 12.1 Å². The summed E-state index contributed by atoms with van der Waals surface area (Å²) in [5.41, 5.74) is 8.71. The van der Waals surface area contributed by atoms with Crippen molar-refractivity contribution >= 4 is 11.6 Å². The van der Waals surface area contributed by atoms with E-state index < -0.39 is 0 Å². The Labute approximate surface area is 102 Å². The van der Waals surface area contributed by atoms with Crippen LogP contribution in [0.2, 0.25) is 5.02 Å². The standard InChI is InChI=1S/C13H18ClNO/c1-9-7-11(14)12(16-2)8-10(9)3-4-13(15)5-6-13/h7-8H,3-6,15H2,1-2H3. The van der Waals surface area contributed by atoms with E-state index in [1.54, 1.807) is 7.11 Å².